The molecule has 9 rings (SSSR count). The van der Waals surface area contributed by atoms with E-state index >= 15 is 4.79 Å². The van der Waals surface area contributed by atoms with Gasteiger partial charge in [-0.05, 0) is 137 Å². The summed E-state index contributed by atoms with van der Waals surface area (Å²) >= 11 is 0. The summed E-state index contributed by atoms with van der Waals surface area (Å²) in [6, 6.07) is 15.3. The van der Waals surface area contributed by atoms with Crippen molar-refractivity contribution in [2.45, 2.75) is 166 Å². The molecule has 1 aliphatic heterocycles. The van der Waals surface area contributed by atoms with Crippen molar-refractivity contribution in [1.29, 1.82) is 0 Å². The van der Waals surface area contributed by atoms with Crippen LogP contribution in [0.2, 0.25) is 0 Å². The Hall–Kier alpha value is -3.60. The molecule has 418 valence electrons. The fourth-order valence-corrected chi connectivity index (χ4v) is 15.5. The molecule has 15 nitrogen and oxygen atoms in total. The number of ketones is 2. The van der Waals surface area contributed by atoms with Crippen LogP contribution in [0.5, 0.6) is 5.75 Å². The van der Waals surface area contributed by atoms with Crippen molar-refractivity contribution in [3.05, 3.63) is 89.0 Å². The highest BCUT2D eigenvalue weighted by Gasteiger charge is 2.76. The molecule has 2 aromatic rings. The number of rotatable bonds is 26. The number of fused-ring (bicyclic) bond motifs is 7. The van der Waals surface area contributed by atoms with Crippen LogP contribution in [0.4, 0.5) is 0 Å². The van der Waals surface area contributed by atoms with Crippen molar-refractivity contribution in [3.63, 3.8) is 0 Å². The molecule has 2 aromatic carbocycles. The molecule has 6 fully saturated rings. The molecular weight excluding hydrogens is 988 g/mol. The smallest absolute Gasteiger partial charge is 0.457 e. The lowest BCUT2D eigenvalue weighted by atomic mass is 9.46. The monoisotopic (exact) mass is 1070 g/mol. The molecule has 1 saturated heterocycles. The largest absolute Gasteiger partial charge is 0.524 e. The van der Waals surface area contributed by atoms with E-state index in [0.717, 1.165) is 115 Å². The number of hydrogen-bond acceptors (Lipinski definition) is 12. The van der Waals surface area contributed by atoms with Crippen LogP contribution in [0.1, 0.15) is 146 Å². The number of unbranched alkanes of at least 4 members (excludes halogenated alkanes) is 4. The summed E-state index contributed by atoms with van der Waals surface area (Å²) < 4.78 is 43.5. The van der Waals surface area contributed by atoms with Crippen LogP contribution >= 0.6 is 7.82 Å². The molecule has 1 heterocycles. The van der Waals surface area contributed by atoms with Crippen molar-refractivity contribution < 1.29 is 66.9 Å². The number of nitrogens with one attached hydrogen (secondary N) is 1. The Morgan fingerprint density at radius 2 is 1.68 bits per heavy atom. The third kappa shape index (κ3) is 12.4. The van der Waals surface area contributed by atoms with E-state index in [-0.39, 0.29) is 58.6 Å². The lowest BCUT2D eigenvalue weighted by Gasteiger charge is -2.59. The zero-order valence-electron chi connectivity index (χ0n) is 45.5. The highest BCUT2D eigenvalue weighted by atomic mass is 31.2. The number of aryl methyl sites for hydroxylation is 1. The van der Waals surface area contributed by atoms with Gasteiger partial charge in [-0.25, -0.2) is 4.57 Å². The van der Waals surface area contributed by atoms with Crippen molar-refractivity contribution in [3.8, 4) is 5.75 Å². The van der Waals surface area contributed by atoms with Crippen molar-refractivity contribution in [2.75, 3.05) is 53.6 Å². The summed E-state index contributed by atoms with van der Waals surface area (Å²) in [7, 11) is -1.09. The number of esters is 1. The summed E-state index contributed by atoms with van der Waals surface area (Å²) in [6.45, 7) is 6.81. The molecule has 7 aliphatic rings. The molecule has 0 amide bonds. The van der Waals surface area contributed by atoms with Gasteiger partial charge in [0.1, 0.15) is 17.7 Å². The van der Waals surface area contributed by atoms with Gasteiger partial charge in [0.05, 0.1) is 39.0 Å². The SMILES string of the molecule is C[C@]12C=CC(=O)C=C1CC[C@@H]1[C@@H]2[C@@H](O)C[C@@]2(C)[C@H]1C[C@H]1O[C@@H](C3CCCCC3)O[C@]12C(=O)COC(=O)C1(C[N+](C)(C)Cc2cc(C(O)CNCCCCCCOCCCCc3ccccc3)ccc2OP(=O)(O)O)CC1. The second-order valence-corrected chi connectivity index (χ2v) is 26.0. The first-order chi connectivity index (χ1) is 36.3. The lowest BCUT2D eigenvalue weighted by molar-refractivity contribution is -0.907. The van der Waals surface area contributed by atoms with Gasteiger partial charge in [0.2, 0.25) is 5.78 Å². The number of Topliss-reactive ketones (excluding diaryl/α,β-unsaturated/α-hetero) is 1. The summed E-state index contributed by atoms with van der Waals surface area (Å²) in [5.74, 6) is -0.800. The van der Waals surface area contributed by atoms with Gasteiger partial charge < -0.3 is 43.5 Å². The highest BCUT2D eigenvalue weighted by molar-refractivity contribution is 7.46. The van der Waals surface area contributed by atoms with Crippen LogP contribution < -0.4 is 9.84 Å². The number of ether oxygens (including phenoxy) is 4. The first kappa shape index (κ1) is 57.1. The molecule has 16 heteroatoms. The summed E-state index contributed by atoms with van der Waals surface area (Å²) in [5, 5.41) is 26.9. The Labute approximate surface area is 450 Å². The number of aliphatic hydroxyl groups is 2. The predicted molar refractivity (Wildman–Crippen MR) is 286 cm³/mol. The first-order valence-corrected chi connectivity index (χ1v) is 30.2. The van der Waals surface area contributed by atoms with Gasteiger partial charge in [-0.15, -0.1) is 0 Å². The summed E-state index contributed by atoms with van der Waals surface area (Å²) in [5.41, 5.74) is -0.159. The van der Waals surface area contributed by atoms with E-state index in [1.807, 2.05) is 26.2 Å². The Morgan fingerprint density at radius 3 is 2.42 bits per heavy atom. The third-order valence-electron chi connectivity index (χ3n) is 18.9. The molecule has 5 N–H and O–H groups in total. The number of hydrogen-bond donors (Lipinski definition) is 5. The number of carbonyl (C=O) groups excluding carboxylic acids is 3. The van der Waals surface area contributed by atoms with E-state index in [2.05, 4.69) is 43.4 Å². The second-order valence-electron chi connectivity index (χ2n) is 24.9. The van der Waals surface area contributed by atoms with Crippen molar-refractivity contribution in [1.82, 2.24) is 5.32 Å². The fourth-order valence-electron chi connectivity index (χ4n) is 15.1. The van der Waals surface area contributed by atoms with Crippen molar-refractivity contribution in [2.24, 2.45) is 39.9 Å². The average Bonchev–Trinajstić information content (AvgIpc) is 4.13. The molecule has 0 aromatic heterocycles. The van der Waals surface area contributed by atoms with E-state index in [0.29, 0.717) is 43.4 Å². The van der Waals surface area contributed by atoms with Gasteiger partial charge in [0.15, 0.2) is 24.3 Å². The van der Waals surface area contributed by atoms with Gasteiger partial charge in [0.25, 0.3) is 0 Å². The van der Waals surface area contributed by atoms with Crippen LogP contribution in [-0.4, -0.2) is 120 Å². The van der Waals surface area contributed by atoms with Crippen LogP contribution in [0, 0.1) is 39.9 Å². The van der Waals surface area contributed by atoms with Gasteiger partial charge in [-0.2, -0.15) is 0 Å². The maximum atomic E-state index is 15.2. The number of benzene rings is 2. The van der Waals surface area contributed by atoms with Crippen LogP contribution in [0.15, 0.2) is 72.3 Å². The molecule has 0 spiro atoms. The Kier molecular flexibility index (Phi) is 17.7. The van der Waals surface area contributed by atoms with E-state index in [1.165, 1.54) is 11.6 Å². The van der Waals surface area contributed by atoms with Gasteiger partial charge in [-0.1, -0.05) is 94.0 Å². The van der Waals surface area contributed by atoms with Crippen LogP contribution in [0.3, 0.4) is 0 Å². The Bertz CT molecular complexity index is 2480. The quantitative estimate of drug-likeness (QED) is 0.0258. The number of aliphatic hydroxyl groups excluding tert-OH is 2. The van der Waals surface area contributed by atoms with Gasteiger partial charge in [0, 0.05) is 48.0 Å². The number of phosphoric acid groups is 1. The normalized spacial score (nSPS) is 31.2. The van der Waals surface area contributed by atoms with E-state index < -0.39 is 66.8 Å². The average molecular weight is 1070 g/mol. The number of allylic oxidation sites excluding steroid dienone is 4. The number of carbonyl (C=O) groups is 3. The minimum Gasteiger partial charge on any atom is -0.457 e. The summed E-state index contributed by atoms with van der Waals surface area (Å²) in [6.07, 6.45) is 18.6. The molecule has 76 heavy (non-hydrogen) atoms. The van der Waals surface area contributed by atoms with Crippen LogP contribution in [-0.2, 0) is 50.9 Å². The van der Waals surface area contributed by atoms with E-state index in [1.54, 1.807) is 24.3 Å². The maximum absolute atomic E-state index is 15.2. The molecule has 6 aliphatic carbocycles. The molecule has 10 atom stereocenters. The second kappa shape index (κ2) is 23.6. The minimum atomic E-state index is -4.95. The molecular formula is C60H86N2O13P+. The fraction of sp³-hybridized carbons (Fsp3) is 0.683. The van der Waals surface area contributed by atoms with E-state index in [9.17, 15) is 34.2 Å². The molecule has 5 saturated carbocycles. The highest BCUT2D eigenvalue weighted by Crippen LogP contribution is 2.70. The zero-order chi connectivity index (χ0) is 53.9. The number of quaternary nitrogens is 1. The first-order valence-electron chi connectivity index (χ1n) is 28.6. The topological polar surface area (TPSA) is 207 Å². The maximum Gasteiger partial charge on any atom is 0.524 e. The predicted octanol–water partition coefficient (Wildman–Crippen LogP) is 8.80. The number of phosphoric ester groups is 1. The van der Waals surface area contributed by atoms with Gasteiger partial charge >= 0.3 is 13.8 Å². The Balaban J connectivity index is 0.796. The Morgan fingerprint density at radius 1 is 0.947 bits per heavy atom. The van der Waals surface area contributed by atoms with Crippen molar-refractivity contribution >= 4 is 25.4 Å². The molecule has 1 unspecified atom stereocenters. The van der Waals surface area contributed by atoms with Gasteiger partial charge in [-0.3, -0.25) is 24.2 Å². The summed E-state index contributed by atoms with van der Waals surface area (Å²) in [4.78, 5) is 61.8. The lowest BCUT2D eigenvalue weighted by Crippen LogP contribution is -2.64. The van der Waals surface area contributed by atoms with Crippen LogP contribution in [0.25, 0.3) is 0 Å². The zero-order valence-corrected chi connectivity index (χ0v) is 46.4. The van der Waals surface area contributed by atoms with E-state index in [4.69, 9.17) is 23.5 Å². The standard InChI is InChI=1S/C60H85N2O13P/c1-57-27-26-46(63)34-45(57)23-24-47-48-35-53-60(58(48,2)36-49(64)54(47)57,74-55(73-53)42-20-11-8-12-21-42)52(66)39-72-56(67)59(28-29-59)40-62(3,4)38-44-33-43(22-25-51(44)75-76(68,69)70)50(65)37-61-30-14-5-6-15-31-71-32-16-13-19-41-17-9-7-10-18-41/h7,9-10,17-18,22,25-27,33-34,42,47-50,53-55,61,64-65H,5-6,8,11-16,19-21,23-24,28-32,35-40H2,1-4H3,(H-,68,69,70)/p+1/t47-,48-,49-,50?,53+,54+,55+,57-,58-,60+/m0/s1. The molecule has 0 radical (unpaired) electrons. The number of nitrogens with zero attached hydrogens (tertiary/aromatic N) is 1. The third-order valence-corrected chi connectivity index (χ3v) is 19.4. The minimum absolute atomic E-state index is 0.0104. The molecule has 0 bridgehead atoms.